The van der Waals surface area contributed by atoms with Gasteiger partial charge in [-0.2, -0.15) is 0 Å². The molecule has 7 nitrogen and oxygen atoms in total. The fourth-order valence-electron chi connectivity index (χ4n) is 3.33. The number of carbonyl (C=O) groups is 1. The third-order valence-electron chi connectivity index (χ3n) is 5.35. The molecule has 1 aliphatic rings. The Balaban J connectivity index is 1.97. The SMILES string of the molecule is CC[C@H](C)NS(=O)(=O)c1cc(-c2nc(C)c(C(=O)N3CCCC3)s2)n(C)c1C. The Labute approximate surface area is 170 Å². The van der Waals surface area contributed by atoms with Crippen molar-refractivity contribution in [3.8, 4) is 10.7 Å². The third-order valence-corrected chi connectivity index (χ3v) is 8.22. The van der Waals surface area contributed by atoms with Crippen LogP contribution < -0.4 is 4.72 Å². The van der Waals surface area contributed by atoms with Crippen molar-refractivity contribution in [2.75, 3.05) is 13.1 Å². The highest BCUT2D eigenvalue weighted by atomic mass is 32.2. The highest BCUT2D eigenvalue weighted by molar-refractivity contribution is 7.89. The molecule has 1 N–H and O–H groups in total. The zero-order chi connectivity index (χ0) is 20.6. The fourth-order valence-corrected chi connectivity index (χ4v) is 6.03. The lowest BCUT2D eigenvalue weighted by atomic mass is 10.3. The maximum atomic E-state index is 12.8. The highest BCUT2D eigenvalue weighted by Crippen LogP contribution is 2.33. The van der Waals surface area contributed by atoms with Gasteiger partial charge in [-0.15, -0.1) is 11.3 Å². The number of rotatable bonds is 6. The molecule has 1 atom stereocenters. The van der Waals surface area contributed by atoms with Crippen LogP contribution >= 0.6 is 11.3 Å². The smallest absolute Gasteiger partial charge is 0.265 e. The second kappa shape index (κ2) is 7.96. The number of nitrogens with one attached hydrogen (secondary N) is 1. The minimum absolute atomic E-state index is 0.0240. The molecule has 154 valence electrons. The summed E-state index contributed by atoms with van der Waals surface area (Å²) in [6, 6.07) is 1.52. The Hall–Kier alpha value is -1.71. The lowest BCUT2D eigenvalue weighted by Gasteiger charge is -2.13. The van der Waals surface area contributed by atoms with Gasteiger partial charge in [0, 0.05) is 31.9 Å². The first-order valence-corrected chi connectivity index (χ1v) is 11.9. The molecule has 0 saturated carbocycles. The molecule has 0 radical (unpaired) electrons. The lowest BCUT2D eigenvalue weighted by molar-refractivity contribution is 0.0796. The molecule has 3 heterocycles. The quantitative estimate of drug-likeness (QED) is 0.772. The minimum atomic E-state index is -3.61. The summed E-state index contributed by atoms with van der Waals surface area (Å²) in [6.07, 6.45) is 2.79. The molecule has 1 amide bonds. The van der Waals surface area contributed by atoms with Crippen LogP contribution in [0.4, 0.5) is 0 Å². The van der Waals surface area contributed by atoms with Gasteiger partial charge in [0.15, 0.2) is 0 Å². The molecular formula is C19H28N4O3S2. The zero-order valence-corrected chi connectivity index (χ0v) is 18.7. The van der Waals surface area contributed by atoms with Crippen LogP contribution in [-0.2, 0) is 17.1 Å². The van der Waals surface area contributed by atoms with E-state index in [-0.39, 0.29) is 16.8 Å². The van der Waals surface area contributed by atoms with E-state index in [4.69, 9.17) is 0 Å². The van der Waals surface area contributed by atoms with E-state index in [0.29, 0.717) is 33.4 Å². The van der Waals surface area contributed by atoms with Crippen LogP contribution in [0.15, 0.2) is 11.0 Å². The first-order valence-electron chi connectivity index (χ1n) is 9.61. The number of hydrogen-bond donors (Lipinski definition) is 1. The zero-order valence-electron chi connectivity index (χ0n) is 17.1. The topological polar surface area (TPSA) is 84.3 Å². The molecule has 1 aliphatic heterocycles. The third kappa shape index (κ3) is 3.88. The number of aryl methyl sites for hydroxylation is 1. The van der Waals surface area contributed by atoms with Crippen LogP contribution in [0.2, 0.25) is 0 Å². The predicted molar refractivity (Wildman–Crippen MR) is 111 cm³/mol. The van der Waals surface area contributed by atoms with Crippen molar-refractivity contribution >= 4 is 27.3 Å². The van der Waals surface area contributed by atoms with Crippen molar-refractivity contribution in [2.24, 2.45) is 7.05 Å². The van der Waals surface area contributed by atoms with Crippen LogP contribution in [0.5, 0.6) is 0 Å². The number of sulfonamides is 1. The molecule has 1 saturated heterocycles. The van der Waals surface area contributed by atoms with Crippen molar-refractivity contribution in [3.05, 3.63) is 22.3 Å². The van der Waals surface area contributed by atoms with Gasteiger partial charge in [-0.3, -0.25) is 4.79 Å². The van der Waals surface area contributed by atoms with E-state index >= 15 is 0 Å². The normalized spacial score (nSPS) is 16.0. The van der Waals surface area contributed by atoms with Gasteiger partial charge < -0.3 is 9.47 Å². The van der Waals surface area contributed by atoms with E-state index in [2.05, 4.69) is 9.71 Å². The summed E-state index contributed by atoms with van der Waals surface area (Å²) in [6.45, 7) is 8.98. The van der Waals surface area contributed by atoms with Crippen molar-refractivity contribution in [1.29, 1.82) is 0 Å². The monoisotopic (exact) mass is 424 g/mol. The van der Waals surface area contributed by atoms with Crippen LogP contribution in [0.3, 0.4) is 0 Å². The number of hydrogen-bond acceptors (Lipinski definition) is 5. The van der Waals surface area contributed by atoms with E-state index in [1.165, 1.54) is 11.3 Å². The van der Waals surface area contributed by atoms with Gasteiger partial charge in [0.25, 0.3) is 5.91 Å². The van der Waals surface area contributed by atoms with E-state index < -0.39 is 10.0 Å². The number of aromatic nitrogens is 2. The largest absolute Gasteiger partial charge is 0.345 e. The molecule has 0 aliphatic carbocycles. The Morgan fingerprint density at radius 3 is 2.57 bits per heavy atom. The van der Waals surface area contributed by atoms with E-state index in [0.717, 1.165) is 25.9 Å². The molecule has 2 aromatic heterocycles. The molecule has 9 heteroatoms. The Bertz CT molecular complexity index is 985. The number of thiazole rings is 1. The molecular weight excluding hydrogens is 396 g/mol. The van der Waals surface area contributed by atoms with E-state index in [9.17, 15) is 13.2 Å². The van der Waals surface area contributed by atoms with Crippen LogP contribution in [-0.4, -0.2) is 47.9 Å². The molecule has 1 fully saturated rings. The highest BCUT2D eigenvalue weighted by Gasteiger charge is 2.27. The van der Waals surface area contributed by atoms with E-state index in [1.54, 1.807) is 13.0 Å². The number of amides is 1. The molecule has 28 heavy (non-hydrogen) atoms. The summed E-state index contributed by atoms with van der Waals surface area (Å²) in [5, 5.41) is 0.663. The molecule has 2 aromatic rings. The van der Waals surface area contributed by atoms with Gasteiger partial charge in [-0.25, -0.2) is 18.1 Å². The van der Waals surface area contributed by atoms with Gasteiger partial charge in [0.1, 0.15) is 14.8 Å². The van der Waals surface area contributed by atoms with Gasteiger partial charge >= 0.3 is 0 Å². The summed E-state index contributed by atoms with van der Waals surface area (Å²) in [5.41, 5.74) is 2.04. The van der Waals surface area contributed by atoms with Crippen LogP contribution in [0.25, 0.3) is 10.7 Å². The fraction of sp³-hybridized carbons (Fsp3) is 0.579. The molecule has 0 unspecified atom stereocenters. The maximum absolute atomic E-state index is 12.8. The minimum Gasteiger partial charge on any atom is -0.345 e. The second-order valence-corrected chi connectivity index (χ2v) is 10.1. The van der Waals surface area contributed by atoms with Crippen molar-refractivity contribution in [1.82, 2.24) is 19.2 Å². The Kier molecular flexibility index (Phi) is 5.97. The maximum Gasteiger partial charge on any atom is 0.265 e. The Morgan fingerprint density at radius 1 is 1.32 bits per heavy atom. The number of carbonyl (C=O) groups excluding carboxylic acids is 1. The lowest BCUT2D eigenvalue weighted by Crippen LogP contribution is -2.32. The molecule has 0 aromatic carbocycles. The van der Waals surface area contributed by atoms with Gasteiger partial charge in [0.2, 0.25) is 10.0 Å². The number of nitrogens with zero attached hydrogens (tertiary/aromatic N) is 3. The average Bonchev–Trinajstić information content (AvgIpc) is 3.35. The molecule has 3 rings (SSSR count). The van der Waals surface area contributed by atoms with Gasteiger partial charge in [-0.1, -0.05) is 6.92 Å². The predicted octanol–water partition coefficient (Wildman–Crippen LogP) is 3.08. The summed E-state index contributed by atoms with van der Waals surface area (Å²) in [7, 11) is -1.79. The van der Waals surface area contributed by atoms with Gasteiger partial charge in [0.05, 0.1) is 11.4 Å². The molecule has 0 bridgehead atoms. The number of likely N-dealkylation sites (tertiary alicyclic amines) is 1. The van der Waals surface area contributed by atoms with Crippen LogP contribution in [0, 0.1) is 13.8 Å². The molecule has 0 spiro atoms. The van der Waals surface area contributed by atoms with Crippen molar-refractivity contribution < 1.29 is 13.2 Å². The van der Waals surface area contributed by atoms with Crippen molar-refractivity contribution in [3.63, 3.8) is 0 Å². The summed E-state index contributed by atoms with van der Waals surface area (Å²) < 4.78 is 30.1. The van der Waals surface area contributed by atoms with Crippen LogP contribution in [0.1, 0.15) is 54.2 Å². The van der Waals surface area contributed by atoms with Crippen molar-refractivity contribution in [2.45, 2.75) is 57.9 Å². The summed E-state index contributed by atoms with van der Waals surface area (Å²) in [4.78, 5) is 20.1. The standard InChI is InChI=1S/C19H28N4O3S2/c1-6-12(2)21-28(25,26)16-11-15(22(5)14(16)4)18-20-13(3)17(27-18)19(24)23-9-7-8-10-23/h11-12,21H,6-10H2,1-5H3/t12-/m0/s1. The summed E-state index contributed by atoms with van der Waals surface area (Å²) in [5.74, 6) is 0.0240. The average molecular weight is 425 g/mol. The first-order chi connectivity index (χ1) is 13.2. The summed E-state index contributed by atoms with van der Waals surface area (Å²) >= 11 is 1.33. The van der Waals surface area contributed by atoms with E-state index in [1.807, 2.05) is 37.3 Å². The van der Waals surface area contributed by atoms with Gasteiger partial charge in [-0.05, 0) is 46.1 Å². The Morgan fingerprint density at radius 2 is 1.96 bits per heavy atom. The first kappa shape index (κ1) is 21.0. The second-order valence-electron chi connectivity index (χ2n) is 7.40.